The summed E-state index contributed by atoms with van der Waals surface area (Å²) in [5.74, 6) is 0.270. The van der Waals surface area contributed by atoms with Crippen LogP contribution in [0.5, 0.6) is 0 Å². The third kappa shape index (κ3) is 4.55. The summed E-state index contributed by atoms with van der Waals surface area (Å²) in [7, 11) is 0. The van der Waals surface area contributed by atoms with E-state index in [1.807, 2.05) is 0 Å². The van der Waals surface area contributed by atoms with E-state index in [1.165, 1.54) is 24.3 Å². The normalized spacial score (nSPS) is 10.9. The molecule has 0 radical (unpaired) electrons. The summed E-state index contributed by atoms with van der Waals surface area (Å²) in [6.07, 6.45) is 2.74. The monoisotopic (exact) mass is 402 g/mol. The van der Waals surface area contributed by atoms with E-state index in [2.05, 4.69) is 5.32 Å². The number of nitrogens with one attached hydrogen (secondary N) is 1. The minimum absolute atomic E-state index is 0.163. The molecule has 2 aromatic carbocycles. The highest BCUT2D eigenvalue weighted by molar-refractivity contribution is 6.33. The van der Waals surface area contributed by atoms with E-state index in [1.54, 1.807) is 42.5 Å². The van der Waals surface area contributed by atoms with Crippen LogP contribution in [0.1, 0.15) is 5.76 Å². The van der Waals surface area contributed by atoms with Gasteiger partial charge in [0.15, 0.2) is 0 Å². The first kappa shape index (κ1) is 18.7. The van der Waals surface area contributed by atoms with Gasteiger partial charge in [0, 0.05) is 17.2 Å². The number of carbonyl (C=O) groups excluding carboxylic acids is 1. The summed E-state index contributed by atoms with van der Waals surface area (Å²) >= 11 is 11.8. The van der Waals surface area contributed by atoms with Crippen molar-refractivity contribution < 1.29 is 14.1 Å². The van der Waals surface area contributed by atoms with Gasteiger partial charge in [-0.3, -0.25) is 14.9 Å². The molecule has 8 heteroatoms. The molecule has 1 N–H and O–H groups in total. The zero-order valence-electron chi connectivity index (χ0n) is 13.7. The van der Waals surface area contributed by atoms with Gasteiger partial charge in [0.25, 0.3) is 5.69 Å². The van der Waals surface area contributed by atoms with Crippen LogP contribution in [0.25, 0.3) is 17.4 Å². The Kier molecular flexibility index (Phi) is 5.59. The number of furan rings is 1. The largest absolute Gasteiger partial charge is 0.456 e. The Labute approximate surface area is 164 Å². The Bertz CT molecular complexity index is 1040. The van der Waals surface area contributed by atoms with Crippen LogP contribution in [-0.4, -0.2) is 10.8 Å². The summed E-state index contributed by atoms with van der Waals surface area (Å²) in [4.78, 5) is 22.7. The van der Waals surface area contributed by atoms with E-state index in [9.17, 15) is 14.9 Å². The van der Waals surface area contributed by atoms with Crippen molar-refractivity contribution in [2.24, 2.45) is 0 Å². The van der Waals surface area contributed by atoms with Crippen LogP contribution in [0.3, 0.4) is 0 Å². The Morgan fingerprint density at radius 3 is 2.63 bits per heavy atom. The third-order valence-electron chi connectivity index (χ3n) is 3.58. The number of amides is 1. The van der Waals surface area contributed by atoms with E-state index < -0.39 is 10.8 Å². The fraction of sp³-hybridized carbons (Fsp3) is 0. The van der Waals surface area contributed by atoms with Crippen molar-refractivity contribution in [1.82, 2.24) is 0 Å². The molecule has 1 amide bonds. The first-order valence-corrected chi connectivity index (χ1v) is 8.47. The maximum Gasteiger partial charge on any atom is 0.281 e. The number of nitro groups is 1. The average Bonchev–Trinajstić information content (AvgIpc) is 3.10. The second-order valence-corrected chi connectivity index (χ2v) is 6.27. The number of anilines is 1. The van der Waals surface area contributed by atoms with Crippen molar-refractivity contribution in [2.45, 2.75) is 0 Å². The quantitative estimate of drug-likeness (QED) is 0.331. The summed E-state index contributed by atoms with van der Waals surface area (Å²) in [6.45, 7) is 0. The standard InChI is InChI=1S/C19H12Cl2N2O4/c20-12-5-8-14(17(11-12)23(25)26)18-9-6-13(27-18)7-10-19(24)22-16-4-2-1-3-15(16)21/h1-11H,(H,22,24)/b10-7+. The third-order valence-corrected chi connectivity index (χ3v) is 4.14. The Morgan fingerprint density at radius 1 is 1.11 bits per heavy atom. The van der Waals surface area contributed by atoms with Crippen LogP contribution in [0.4, 0.5) is 11.4 Å². The van der Waals surface area contributed by atoms with E-state index in [4.69, 9.17) is 27.6 Å². The molecule has 6 nitrogen and oxygen atoms in total. The van der Waals surface area contributed by atoms with Gasteiger partial charge >= 0.3 is 0 Å². The predicted octanol–water partition coefficient (Wildman–Crippen LogP) is 5.81. The number of rotatable bonds is 5. The van der Waals surface area contributed by atoms with E-state index >= 15 is 0 Å². The number of nitrogens with zero attached hydrogens (tertiary/aromatic N) is 1. The molecule has 0 aliphatic rings. The Morgan fingerprint density at radius 2 is 1.89 bits per heavy atom. The molecule has 0 unspecified atom stereocenters. The molecule has 1 aromatic heterocycles. The lowest BCUT2D eigenvalue weighted by Gasteiger charge is -2.03. The average molecular weight is 403 g/mol. The molecule has 0 bridgehead atoms. The fourth-order valence-corrected chi connectivity index (χ4v) is 2.70. The highest BCUT2D eigenvalue weighted by Gasteiger charge is 2.18. The van der Waals surface area contributed by atoms with Crippen molar-refractivity contribution in [1.29, 1.82) is 0 Å². The van der Waals surface area contributed by atoms with E-state index in [-0.39, 0.29) is 10.7 Å². The Hall–Kier alpha value is -3.09. The van der Waals surface area contributed by atoms with Crippen LogP contribution in [0, 0.1) is 10.1 Å². The second-order valence-electron chi connectivity index (χ2n) is 5.42. The molecule has 0 aliphatic carbocycles. The van der Waals surface area contributed by atoms with Crippen LogP contribution in [0.15, 0.2) is 65.1 Å². The van der Waals surface area contributed by atoms with Crippen LogP contribution in [0.2, 0.25) is 10.0 Å². The summed E-state index contributed by atoms with van der Waals surface area (Å²) < 4.78 is 5.58. The zero-order valence-corrected chi connectivity index (χ0v) is 15.2. The number of para-hydroxylation sites is 1. The van der Waals surface area contributed by atoms with Gasteiger partial charge in [-0.05, 0) is 42.5 Å². The molecule has 27 heavy (non-hydrogen) atoms. The van der Waals surface area contributed by atoms with Gasteiger partial charge in [-0.15, -0.1) is 0 Å². The first-order valence-electron chi connectivity index (χ1n) is 7.72. The highest BCUT2D eigenvalue weighted by atomic mass is 35.5. The molecule has 0 atom stereocenters. The van der Waals surface area contributed by atoms with Crippen molar-refractivity contribution in [3.05, 3.63) is 86.6 Å². The molecular weight excluding hydrogens is 391 g/mol. The number of hydrogen-bond donors (Lipinski definition) is 1. The maximum absolute atomic E-state index is 12.0. The van der Waals surface area contributed by atoms with Gasteiger partial charge in [0.1, 0.15) is 11.5 Å². The van der Waals surface area contributed by atoms with Crippen molar-refractivity contribution >= 4 is 46.6 Å². The minimum atomic E-state index is -0.531. The van der Waals surface area contributed by atoms with Crippen molar-refractivity contribution in [3.8, 4) is 11.3 Å². The lowest BCUT2D eigenvalue weighted by molar-refractivity contribution is -0.384. The van der Waals surface area contributed by atoms with E-state index in [0.29, 0.717) is 27.8 Å². The fourth-order valence-electron chi connectivity index (χ4n) is 2.35. The van der Waals surface area contributed by atoms with Crippen LogP contribution < -0.4 is 5.32 Å². The molecule has 0 aliphatic heterocycles. The van der Waals surface area contributed by atoms with E-state index in [0.717, 1.165) is 0 Å². The topological polar surface area (TPSA) is 85.4 Å². The number of hydrogen-bond acceptors (Lipinski definition) is 4. The molecule has 0 fully saturated rings. The van der Waals surface area contributed by atoms with Gasteiger partial charge in [-0.1, -0.05) is 35.3 Å². The first-order chi connectivity index (χ1) is 12.9. The minimum Gasteiger partial charge on any atom is -0.456 e. The highest BCUT2D eigenvalue weighted by Crippen LogP contribution is 2.33. The van der Waals surface area contributed by atoms with Gasteiger partial charge in [0.2, 0.25) is 5.91 Å². The summed E-state index contributed by atoms with van der Waals surface area (Å²) in [6, 6.07) is 14.4. The van der Waals surface area contributed by atoms with Gasteiger partial charge in [-0.2, -0.15) is 0 Å². The second kappa shape index (κ2) is 8.07. The number of benzene rings is 2. The van der Waals surface area contributed by atoms with Crippen molar-refractivity contribution in [2.75, 3.05) is 5.32 Å². The lowest BCUT2D eigenvalue weighted by atomic mass is 10.1. The van der Waals surface area contributed by atoms with Crippen molar-refractivity contribution in [3.63, 3.8) is 0 Å². The Balaban J connectivity index is 1.77. The molecule has 1 heterocycles. The maximum atomic E-state index is 12.0. The summed E-state index contributed by atoms with van der Waals surface area (Å²) in [5.41, 5.74) is 0.624. The molecule has 0 spiro atoms. The zero-order chi connectivity index (χ0) is 19.4. The molecular formula is C19H12Cl2N2O4. The molecule has 3 aromatic rings. The lowest BCUT2D eigenvalue weighted by Crippen LogP contribution is -2.07. The number of nitro benzene ring substituents is 1. The smallest absolute Gasteiger partial charge is 0.281 e. The molecule has 136 valence electrons. The predicted molar refractivity (Wildman–Crippen MR) is 105 cm³/mol. The van der Waals surface area contributed by atoms with Crippen LogP contribution >= 0.6 is 23.2 Å². The summed E-state index contributed by atoms with van der Waals surface area (Å²) in [5, 5.41) is 14.5. The van der Waals surface area contributed by atoms with Crippen LogP contribution in [-0.2, 0) is 4.79 Å². The SMILES string of the molecule is O=C(/C=C/c1ccc(-c2ccc(Cl)cc2[N+](=O)[O-])o1)Nc1ccccc1Cl. The molecule has 0 saturated carbocycles. The number of halogens is 2. The van der Waals surface area contributed by atoms with Gasteiger partial charge in [0.05, 0.1) is 21.2 Å². The molecule has 0 saturated heterocycles. The molecule has 3 rings (SSSR count). The van der Waals surface area contributed by atoms with Gasteiger partial charge in [-0.25, -0.2) is 0 Å². The number of carbonyl (C=O) groups is 1. The van der Waals surface area contributed by atoms with Gasteiger partial charge < -0.3 is 9.73 Å².